The fourth-order valence-electron chi connectivity index (χ4n) is 2.09. The van der Waals surface area contributed by atoms with Gasteiger partial charge in [0.25, 0.3) is 0 Å². The van der Waals surface area contributed by atoms with E-state index in [9.17, 15) is 4.79 Å². The van der Waals surface area contributed by atoms with Gasteiger partial charge in [0.2, 0.25) is 5.91 Å². The number of carbonyl (C=O) groups is 1. The standard InChI is InChI=1S/C13H18ClN3O/c1-17(2)12-6-5-9(8-10(12)14)16-13(18)11-4-3-7-15-11/h5-6,8,11,15H,3-4,7H2,1-2H3,(H,16,18)/t11-/m0/s1. The SMILES string of the molecule is CN(C)c1ccc(NC(=O)[C@@H]2CCCN2)cc1Cl. The first kappa shape index (κ1) is 13.2. The molecule has 0 aromatic heterocycles. The van der Waals surface area contributed by atoms with Crippen LogP contribution in [0.2, 0.25) is 5.02 Å². The second-order valence-corrected chi connectivity index (χ2v) is 5.11. The molecule has 1 aromatic rings. The second kappa shape index (κ2) is 5.59. The van der Waals surface area contributed by atoms with E-state index >= 15 is 0 Å². The molecular formula is C13H18ClN3O. The lowest BCUT2D eigenvalue weighted by molar-refractivity contribution is -0.117. The second-order valence-electron chi connectivity index (χ2n) is 4.70. The molecule has 2 rings (SSSR count). The van der Waals surface area contributed by atoms with Gasteiger partial charge in [0.15, 0.2) is 0 Å². The number of hydrogen-bond donors (Lipinski definition) is 2. The van der Waals surface area contributed by atoms with E-state index in [2.05, 4.69) is 10.6 Å². The molecule has 4 nitrogen and oxygen atoms in total. The van der Waals surface area contributed by atoms with Gasteiger partial charge in [-0.3, -0.25) is 4.79 Å². The molecule has 0 aliphatic carbocycles. The topological polar surface area (TPSA) is 44.4 Å². The molecule has 0 saturated carbocycles. The summed E-state index contributed by atoms with van der Waals surface area (Å²) in [5.41, 5.74) is 1.68. The zero-order chi connectivity index (χ0) is 13.1. The predicted molar refractivity (Wildman–Crippen MR) is 75.4 cm³/mol. The van der Waals surface area contributed by atoms with Crippen LogP contribution >= 0.6 is 11.6 Å². The van der Waals surface area contributed by atoms with Crippen LogP contribution in [0.1, 0.15) is 12.8 Å². The van der Waals surface area contributed by atoms with E-state index in [1.807, 2.05) is 31.1 Å². The Hall–Kier alpha value is -1.26. The van der Waals surface area contributed by atoms with Crippen molar-refractivity contribution >= 4 is 28.9 Å². The highest BCUT2D eigenvalue weighted by atomic mass is 35.5. The average molecular weight is 268 g/mol. The summed E-state index contributed by atoms with van der Waals surface area (Å²) in [5.74, 6) is 0.0150. The molecular weight excluding hydrogens is 250 g/mol. The van der Waals surface area contributed by atoms with E-state index in [0.29, 0.717) is 5.02 Å². The summed E-state index contributed by atoms with van der Waals surface area (Å²) in [6.07, 6.45) is 1.95. The van der Waals surface area contributed by atoms with Gasteiger partial charge in [-0.15, -0.1) is 0 Å². The Morgan fingerprint density at radius 1 is 1.50 bits per heavy atom. The maximum Gasteiger partial charge on any atom is 0.241 e. The number of amides is 1. The summed E-state index contributed by atoms with van der Waals surface area (Å²) in [7, 11) is 3.86. The molecule has 1 aliphatic rings. The molecule has 0 radical (unpaired) electrons. The Balaban J connectivity index is 2.05. The lowest BCUT2D eigenvalue weighted by Crippen LogP contribution is -2.35. The van der Waals surface area contributed by atoms with Gasteiger partial charge in [0.1, 0.15) is 0 Å². The first-order valence-electron chi connectivity index (χ1n) is 6.09. The molecule has 1 atom stereocenters. The van der Waals surface area contributed by atoms with Crippen LogP contribution in [0.5, 0.6) is 0 Å². The van der Waals surface area contributed by atoms with E-state index in [4.69, 9.17) is 11.6 Å². The third-order valence-corrected chi connectivity index (χ3v) is 3.38. The smallest absolute Gasteiger partial charge is 0.241 e. The van der Waals surface area contributed by atoms with E-state index < -0.39 is 0 Å². The fraction of sp³-hybridized carbons (Fsp3) is 0.462. The van der Waals surface area contributed by atoms with Gasteiger partial charge in [-0.05, 0) is 37.6 Å². The van der Waals surface area contributed by atoms with Crippen molar-refractivity contribution in [1.82, 2.24) is 5.32 Å². The van der Waals surface area contributed by atoms with Crippen LogP contribution < -0.4 is 15.5 Å². The minimum Gasteiger partial charge on any atom is -0.376 e. The Morgan fingerprint density at radius 2 is 2.28 bits per heavy atom. The molecule has 98 valence electrons. The molecule has 1 fully saturated rings. The Kier molecular flexibility index (Phi) is 4.09. The minimum absolute atomic E-state index is 0.0150. The number of hydrogen-bond acceptors (Lipinski definition) is 3. The Labute approximate surface area is 112 Å². The van der Waals surface area contributed by atoms with Crippen molar-refractivity contribution in [2.24, 2.45) is 0 Å². The van der Waals surface area contributed by atoms with Crippen molar-refractivity contribution < 1.29 is 4.79 Å². The van der Waals surface area contributed by atoms with E-state index in [-0.39, 0.29) is 11.9 Å². The summed E-state index contributed by atoms with van der Waals surface area (Å²) in [6.45, 7) is 0.915. The number of carbonyl (C=O) groups excluding carboxylic acids is 1. The highest BCUT2D eigenvalue weighted by Crippen LogP contribution is 2.27. The number of halogens is 1. The molecule has 5 heteroatoms. The van der Waals surface area contributed by atoms with E-state index in [1.165, 1.54) is 0 Å². The van der Waals surface area contributed by atoms with E-state index in [0.717, 1.165) is 30.8 Å². The van der Waals surface area contributed by atoms with Crippen molar-refractivity contribution in [3.05, 3.63) is 23.2 Å². The highest BCUT2D eigenvalue weighted by molar-refractivity contribution is 6.33. The van der Waals surface area contributed by atoms with Crippen LogP contribution in [0.3, 0.4) is 0 Å². The van der Waals surface area contributed by atoms with Crippen molar-refractivity contribution in [2.45, 2.75) is 18.9 Å². The number of benzene rings is 1. The fourth-order valence-corrected chi connectivity index (χ4v) is 2.43. The maximum absolute atomic E-state index is 11.9. The molecule has 1 saturated heterocycles. The zero-order valence-corrected chi connectivity index (χ0v) is 11.4. The summed E-state index contributed by atoms with van der Waals surface area (Å²) in [5, 5.41) is 6.69. The van der Waals surface area contributed by atoms with Crippen LogP contribution in [-0.4, -0.2) is 32.6 Å². The summed E-state index contributed by atoms with van der Waals surface area (Å²) in [4.78, 5) is 13.9. The molecule has 0 bridgehead atoms. The third-order valence-electron chi connectivity index (χ3n) is 3.07. The molecule has 1 aromatic carbocycles. The average Bonchev–Trinajstić information content (AvgIpc) is 2.81. The van der Waals surface area contributed by atoms with Crippen LogP contribution in [0.15, 0.2) is 18.2 Å². The molecule has 1 heterocycles. The van der Waals surface area contributed by atoms with Crippen LogP contribution in [0.4, 0.5) is 11.4 Å². The Bertz CT molecular complexity index is 442. The van der Waals surface area contributed by atoms with Crippen LogP contribution in [-0.2, 0) is 4.79 Å². The first-order valence-corrected chi connectivity index (χ1v) is 6.47. The summed E-state index contributed by atoms with van der Waals surface area (Å²) >= 11 is 6.16. The van der Waals surface area contributed by atoms with Crippen molar-refractivity contribution in [3.63, 3.8) is 0 Å². The third kappa shape index (κ3) is 2.94. The largest absolute Gasteiger partial charge is 0.376 e. The molecule has 0 spiro atoms. The van der Waals surface area contributed by atoms with Crippen LogP contribution in [0, 0.1) is 0 Å². The predicted octanol–water partition coefficient (Wildman–Crippen LogP) is 2.10. The van der Waals surface area contributed by atoms with Crippen molar-refractivity contribution in [3.8, 4) is 0 Å². The van der Waals surface area contributed by atoms with E-state index in [1.54, 1.807) is 6.07 Å². The lowest BCUT2D eigenvalue weighted by Gasteiger charge is -2.16. The summed E-state index contributed by atoms with van der Waals surface area (Å²) < 4.78 is 0. The summed E-state index contributed by atoms with van der Waals surface area (Å²) in [6, 6.07) is 5.48. The van der Waals surface area contributed by atoms with Crippen molar-refractivity contribution in [2.75, 3.05) is 30.9 Å². The molecule has 18 heavy (non-hydrogen) atoms. The normalized spacial score (nSPS) is 18.7. The maximum atomic E-state index is 11.9. The monoisotopic (exact) mass is 267 g/mol. The zero-order valence-electron chi connectivity index (χ0n) is 10.7. The highest BCUT2D eigenvalue weighted by Gasteiger charge is 2.21. The van der Waals surface area contributed by atoms with Gasteiger partial charge >= 0.3 is 0 Å². The quantitative estimate of drug-likeness (QED) is 0.882. The molecule has 2 N–H and O–H groups in total. The van der Waals surface area contributed by atoms with Gasteiger partial charge in [0.05, 0.1) is 16.8 Å². The van der Waals surface area contributed by atoms with Crippen LogP contribution in [0.25, 0.3) is 0 Å². The first-order chi connectivity index (χ1) is 8.58. The number of nitrogens with zero attached hydrogens (tertiary/aromatic N) is 1. The molecule has 0 unspecified atom stereocenters. The molecule has 1 aliphatic heterocycles. The number of rotatable bonds is 3. The van der Waals surface area contributed by atoms with Crippen molar-refractivity contribution in [1.29, 1.82) is 0 Å². The van der Waals surface area contributed by atoms with Gasteiger partial charge in [-0.1, -0.05) is 11.6 Å². The minimum atomic E-state index is -0.0719. The van der Waals surface area contributed by atoms with Gasteiger partial charge in [-0.2, -0.15) is 0 Å². The lowest BCUT2D eigenvalue weighted by atomic mass is 10.2. The number of nitrogens with one attached hydrogen (secondary N) is 2. The number of anilines is 2. The molecule has 1 amide bonds. The van der Waals surface area contributed by atoms with Gasteiger partial charge < -0.3 is 15.5 Å². The van der Waals surface area contributed by atoms with Gasteiger partial charge in [0, 0.05) is 19.8 Å². The Morgan fingerprint density at radius 3 is 2.83 bits per heavy atom. The van der Waals surface area contributed by atoms with Gasteiger partial charge in [-0.25, -0.2) is 0 Å².